The molecule has 0 fully saturated rings. The second kappa shape index (κ2) is 8.79. The van der Waals surface area contributed by atoms with Gasteiger partial charge < -0.3 is 15.8 Å². The number of nitrogens with two attached hydrogens (primary N) is 1. The zero-order valence-corrected chi connectivity index (χ0v) is 15.4. The van der Waals surface area contributed by atoms with Gasteiger partial charge in [0.05, 0.1) is 0 Å². The van der Waals surface area contributed by atoms with Crippen molar-refractivity contribution in [2.75, 3.05) is 7.11 Å². The molecule has 24 heavy (non-hydrogen) atoms. The van der Waals surface area contributed by atoms with E-state index >= 15 is 0 Å². The average Bonchev–Trinajstić information content (AvgIpc) is 2.57. The van der Waals surface area contributed by atoms with Crippen LogP contribution >= 0.6 is 22.6 Å². The molecule has 0 aromatic heterocycles. The highest BCUT2D eigenvalue weighted by Crippen LogP contribution is 2.17. The number of nitrogens with one attached hydrogen (secondary N) is 1. The lowest BCUT2D eigenvalue weighted by molar-refractivity contribution is -0.134. The Morgan fingerprint density at radius 1 is 1.12 bits per heavy atom. The van der Waals surface area contributed by atoms with Gasteiger partial charge in [-0.1, -0.05) is 42.5 Å². The van der Waals surface area contributed by atoms with Crippen molar-refractivity contribution in [2.45, 2.75) is 18.6 Å². The second-order valence-corrected chi connectivity index (χ2v) is 6.57. The number of benzene rings is 2. The molecule has 2 atom stereocenters. The fraction of sp³-hybridized carbons (Fsp3) is 0.222. The fourth-order valence-electron chi connectivity index (χ4n) is 2.35. The highest BCUT2D eigenvalue weighted by atomic mass is 127. The number of carbonyl (C=O) groups is 2. The van der Waals surface area contributed by atoms with Gasteiger partial charge in [0.15, 0.2) is 6.10 Å². The van der Waals surface area contributed by atoms with Crippen LogP contribution in [0.3, 0.4) is 0 Å². The summed E-state index contributed by atoms with van der Waals surface area (Å²) in [6.07, 6.45) is -0.451. The van der Waals surface area contributed by atoms with Crippen LogP contribution in [-0.2, 0) is 20.7 Å². The molecule has 0 saturated heterocycles. The lowest BCUT2D eigenvalue weighted by atomic mass is 10.0. The largest absolute Gasteiger partial charge is 0.368 e. The maximum Gasteiger partial charge on any atom is 0.254 e. The maximum absolute atomic E-state index is 12.5. The van der Waals surface area contributed by atoms with Gasteiger partial charge >= 0.3 is 0 Å². The van der Waals surface area contributed by atoms with Gasteiger partial charge in [-0.25, -0.2) is 0 Å². The number of carbonyl (C=O) groups excluding carboxylic acids is 2. The molecule has 2 aromatic carbocycles. The third kappa shape index (κ3) is 5.04. The number of halogens is 1. The summed E-state index contributed by atoms with van der Waals surface area (Å²) in [4.78, 5) is 24.2. The Labute approximate surface area is 154 Å². The van der Waals surface area contributed by atoms with Gasteiger partial charge in [0.1, 0.15) is 6.04 Å². The highest BCUT2D eigenvalue weighted by molar-refractivity contribution is 14.1. The summed E-state index contributed by atoms with van der Waals surface area (Å²) < 4.78 is 6.38. The van der Waals surface area contributed by atoms with Crippen LogP contribution in [-0.4, -0.2) is 25.0 Å². The minimum atomic E-state index is -0.793. The van der Waals surface area contributed by atoms with Crippen LogP contribution in [0.4, 0.5) is 0 Å². The van der Waals surface area contributed by atoms with E-state index in [0.29, 0.717) is 6.42 Å². The average molecular weight is 438 g/mol. The van der Waals surface area contributed by atoms with Crippen molar-refractivity contribution >= 4 is 34.4 Å². The standard InChI is InChI=1S/C18H19IN2O3/c1-24-16(13-5-3-2-4-6-13)18(23)21-15(17(20)22)11-12-7-9-14(19)10-8-12/h2-10,15-16H,11H2,1H3,(H2,20,22)(H,21,23)/t15-,16-/m0/s1. The van der Waals surface area contributed by atoms with Crippen LogP contribution < -0.4 is 11.1 Å². The highest BCUT2D eigenvalue weighted by Gasteiger charge is 2.25. The van der Waals surface area contributed by atoms with Crippen LogP contribution in [0, 0.1) is 3.57 Å². The van der Waals surface area contributed by atoms with Crippen LogP contribution in [0.2, 0.25) is 0 Å². The Kier molecular flexibility index (Phi) is 6.74. The van der Waals surface area contributed by atoms with E-state index in [1.54, 1.807) is 12.1 Å². The third-order valence-electron chi connectivity index (χ3n) is 3.59. The number of hydrogen-bond donors (Lipinski definition) is 2. The van der Waals surface area contributed by atoms with E-state index in [1.165, 1.54) is 7.11 Å². The van der Waals surface area contributed by atoms with Gasteiger partial charge in [0.25, 0.3) is 5.91 Å². The molecule has 2 amide bonds. The molecule has 5 nitrogen and oxygen atoms in total. The molecule has 0 saturated carbocycles. The van der Waals surface area contributed by atoms with Gasteiger partial charge in [-0.3, -0.25) is 9.59 Å². The lowest BCUT2D eigenvalue weighted by Crippen LogP contribution is -2.47. The van der Waals surface area contributed by atoms with Crippen molar-refractivity contribution < 1.29 is 14.3 Å². The van der Waals surface area contributed by atoms with Gasteiger partial charge in [-0.15, -0.1) is 0 Å². The monoisotopic (exact) mass is 438 g/mol. The Morgan fingerprint density at radius 3 is 2.29 bits per heavy atom. The molecule has 0 radical (unpaired) electrons. The first-order valence-corrected chi connectivity index (χ1v) is 8.51. The summed E-state index contributed by atoms with van der Waals surface area (Å²) in [5, 5.41) is 2.69. The smallest absolute Gasteiger partial charge is 0.254 e. The molecule has 0 bridgehead atoms. The minimum absolute atomic E-state index is 0.337. The van der Waals surface area contributed by atoms with E-state index in [4.69, 9.17) is 10.5 Å². The number of primary amides is 1. The minimum Gasteiger partial charge on any atom is -0.368 e. The van der Waals surface area contributed by atoms with Crippen molar-refractivity contribution in [3.8, 4) is 0 Å². The van der Waals surface area contributed by atoms with Gasteiger partial charge in [0, 0.05) is 17.1 Å². The van der Waals surface area contributed by atoms with Crippen molar-refractivity contribution in [2.24, 2.45) is 5.73 Å². The zero-order valence-electron chi connectivity index (χ0n) is 13.2. The normalized spacial score (nSPS) is 13.1. The molecular formula is C18H19IN2O3. The predicted molar refractivity (Wildman–Crippen MR) is 100 cm³/mol. The Morgan fingerprint density at radius 2 is 1.75 bits per heavy atom. The number of rotatable bonds is 7. The topological polar surface area (TPSA) is 81.4 Å². The molecule has 0 aliphatic rings. The number of methoxy groups -OCH3 is 1. The van der Waals surface area contributed by atoms with Gasteiger partial charge in [0.2, 0.25) is 5.91 Å². The Bertz CT molecular complexity index is 689. The van der Waals surface area contributed by atoms with Crippen molar-refractivity contribution in [3.63, 3.8) is 0 Å². The summed E-state index contributed by atoms with van der Waals surface area (Å²) in [7, 11) is 1.45. The molecule has 6 heteroatoms. The molecular weight excluding hydrogens is 419 g/mol. The quantitative estimate of drug-likeness (QED) is 0.651. The first-order chi connectivity index (χ1) is 11.5. The molecule has 0 heterocycles. The van der Waals surface area contributed by atoms with Crippen molar-refractivity contribution in [1.82, 2.24) is 5.32 Å². The zero-order chi connectivity index (χ0) is 17.5. The molecule has 2 rings (SSSR count). The van der Waals surface area contributed by atoms with Crippen molar-refractivity contribution in [1.29, 1.82) is 0 Å². The summed E-state index contributed by atoms with van der Waals surface area (Å²) in [6.45, 7) is 0. The van der Waals surface area contributed by atoms with E-state index in [9.17, 15) is 9.59 Å². The molecule has 0 aliphatic heterocycles. The molecule has 3 N–H and O–H groups in total. The van der Waals surface area contributed by atoms with E-state index in [2.05, 4.69) is 27.9 Å². The first kappa shape index (κ1) is 18.4. The summed E-state index contributed by atoms with van der Waals surface area (Å²) >= 11 is 2.21. The first-order valence-electron chi connectivity index (χ1n) is 7.43. The lowest BCUT2D eigenvalue weighted by Gasteiger charge is -2.20. The predicted octanol–water partition coefficient (Wildman–Crippen LogP) is 2.19. The van der Waals surface area contributed by atoms with E-state index < -0.39 is 24.0 Å². The number of ether oxygens (including phenoxy) is 1. The molecule has 0 aliphatic carbocycles. The number of hydrogen-bond acceptors (Lipinski definition) is 3. The molecule has 0 spiro atoms. The third-order valence-corrected chi connectivity index (χ3v) is 4.31. The summed E-state index contributed by atoms with van der Waals surface area (Å²) in [5.74, 6) is -0.970. The van der Waals surface area contributed by atoms with Crippen LogP contribution in [0.5, 0.6) is 0 Å². The van der Waals surface area contributed by atoms with E-state index in [-0.39, 0.29) is 0 Å². The number of amides is 2. The Hall–Kier alpha value is -1.93. The molecule has 0 unspecified atom stereocenters. The maximum atomic E-state index is 12.5. The van der Waals surface area contributed by atoms with Crippen LogP contribution in [0.1, 0.15) is 17.2 Å². The van der Waals surface area contributed by atoms with Gasteiger partial charge in [-0.05, 0) is 45.9 Å². The van der Waals surface area contributed by atoms with Crippen LogP contribution in [0.15, 0.2) is 54.6 Å². The Balaban J connectivity index is 2.10. The summed E-state index contributed by atoms with van der Waals surface area (Å²) in [5.41, 5.74) is 7.09. The molecule has 126 valence electrons. The SMILES string of the molecule is CO[C@H](C(=O)N[C@@H](Cc1ccc(I)cc1)C(N)=O)c1ccccc1. The van der Waals surface area contributed by atoms with E-state index in [0.717, 1.165) is 14.7 Å². The van der Waals surface area contributed by atoms with E-state index in [1.807, 2.05) is 42.5 Å². The fourth-order valence-corrected chi connectivity index (χ4v) is 2.71. The second-order valence-electron chi connectivity index (χ2n) is 5.32. The van der Waals surface area contributed by atoms with Gasteiger partial charge in [-0.2, -0.15) is 0 Å². The summed E-state index contributed by atoms with van der Waals surface area (Å²) in [6, 6.07) is 16.0. The molecule has 2 aromatic rings. The van der Waals surface area contributed by atoms with Crippen molar-refractivity contribution in [3.05, 3.63) is 69.3 Å². The van der Waals surface area contributed by atoms with Crippen LogP contribution in [0.25, 0.3) is 0 Å².